The van der Waals surface area contributed by atoms with Crippen LogP contribution in [0.5, 0.6) is 5.75 Å². The smallest absolute Gasteiger partial charge is 0.336 e. The Morgan fingerprint density at radius 3 is 2.74 bits per heavy atom. The lowest BCUT2D eigenvalue weighted by molar-refractivity contribution is -0.207. The van der Waals surface area contributed by atoms with Gasteiger partial charge in [0.25, 0.3) is 0 Å². The van der Waals surface area contributed by atoms with Gasteiger partial charge >= 0.3 is 5.97 Å². The van der Waals surface area contributed by atoms with Gasteiger partial charge in [-0.15, -0.1) is 0 Å². The van der Waals surface area contributed by atoms with E-state index in [1.165, 1.54) is 12.5 Å². The fraction of sp³-hybridized carbons (Fsp3) is 0.323. The highest BCUT2D eigenvalue weighted by molar-refractivity contribution is 6.05. The van der Waals surface area contributed by atoms with Crippen LogP contribution in [0.2, 0.25) is 0 Å². The normalized spacial score (nSPS) is 24.2. The zero-order chi connectivity index (χ0) is 27.1. The van der Waals surface area contributed by atoms with Crippen molar-refractivity contribution in [3.63, 3.8) is 0 Å². The highest BCUT2D eigenvalue weighted by atomic mass is 16.6. The summed E-state index contributed by atoms with van der Waals surface area (Å²) in [4.78, 5) is 12.0. The maximum atomic E-state index is 12.0. The number of rotatable bonds is 8. The number of aliphatic hydroxyl groups excluding tert-OH is 1. The van der Waals surface area contributed by atoms with Gasteiger partial charge in [0.15, 0.2) is 0 Å². The van der Waals surface area contributed by atoms with Gasteiger partial charge in [-0.2, -0.15) is 0 Å². The number of ether oxygens (including phenoxy) is 3. The Bertz CT molecular complexity index is 1510. The van der Waals surface area contributed by atoms with Crippen LogP contribution in [0.3, 0.4) is 0 Å². The minimum absolute atomic E-state index is 0.0254. The number of furan rings is 1. The number of carboxylic acids is 1. The molecule has 4 atom stereocenters. The van der Waals surface area contributed by atoms with E-state index in [9.17, 15) is 20.1 Å². The number of carboxylic acid groups (broad SMARTS) is 1. The number of aliphatic hydroxyl groups is 2. The molecule has 2 fully saturated rings. The quantitative estimate of drug-likeness (QED) is 0.291. The maximum Gasteiger partial charge on any atom is 0.336 e. The molecule has 8 heteroatoms. The van der Waals surface area contributed by atoms with E-state index in [0.717, 1.165) is 29.4 Å². The van der Waals surface area contributed by atoms with Gasteiger partial charge in [0.1, 0.15) is 24.1 Å². The molecule has 3 N–H and O–H groups in total. The molecule has 8 nitrogen and oxygen atoms in total. The van der Waals surface area contributed by atoms with Crippen molar-refractivity contribution in [1.82, 2.24) is 0 Å². The monoisotopic (exact) mass is 530 g/mol. The van der Waals surface area contributed by atoms with Crippen LogP contribution >= 0.6 is 0 Å². The Labute approximate surface area is 225 Å². The largest absolute Gasteiger partial charge is 0.489 e. The van der Waals surface area contributed by atoms with Crippen molar-refractivity contribution < 1.29 is 38.7 Å². The Hall–Kier alpha value is -3.69. The van der Waals surface area contributed by atoms with Crippen LogP contribution in [-0.4, -0.2) is 46.7 Å². The van der Waals surface area contributed by atoms with Crippen LogP contribution in [0.1, 0.15) is 46.3 Å². The third-order valence-corrected chi connectivity index (χ3v) is 7.99. The van der Waals surface area contributed by atoms with E-state index in [2.05, 4.69) is 0 Å². The molecular weight excluding hydrogens is 500 g/mol. The molecule has 4 unspecified atom stereocenters. The summed E-state index contributed by atoms with van der Waals surface area (Å²) in [5.74, 6) is -0.556. The van der Waals surface area contributed by atoms with E-state index in [0.29, 0.717) is 34.2 Å². The molecule has 3 aromatic carbocycles. The molecule has 2 aliphatic rings. The molecule has 4 aromatic rings. The minimum Gasteiger partial charge on any atom is -0.489 e. The van der Waals surface area contributed by atoms with E-state index in [-0.39, 0.29) is 24.4 Å². The highest BCUT2D eigenvalue weighted by Gasteiger charge is 2.53. The zero-order valence-electron chi connectivity index (χ0n) is 21.5. The predicted octanol–water partition coefficient (Wildman–Crippen LogP) is 5.02. The summed E-state index contributed by atoms with van der Waals surface area (Å²) in [7, 11) is 1.61. The first-order valence-electron chi connectivity index (χ1n) is 13.0. The summed E-state index contributed by atoms with van der Waals surface area (Å²) in [5, 5.41) is 33.0. The predicted molar refractivity (Wildman–Crippen MR) is 143 cm³/mol. The van der Waals surface area contributed by atoms with E-state index in [1.54, 1.807) is 25.3 Å². The zero-order valence-corrected chi connectivity index (χ0v) is 21.5. The van der Waals surface area contributed by atoms with Crippen LogP contribution in [-0.2, 0) is 28.3 Å². The molecule has 0 saturated carbocycles. The standard InChI is InChI=1S/C31H30O8/c1-36-29-27-8-6-23(39-27)14-31(29,35)21-4-2-3-18(11-21)16-38-22-5-7-24-20(12-22)13-25(30(33)34)26(15-32)28(24)19-9-10-37-17-19/h2-5,7,9-13,17,23,27,29,32,35H,6,8,14-16H2,1H3,(H,33,34). The fourth-order valence-corrected chi connectivity index (χ4v) is 6.21. The van der Waals surface area contributed by atoms with Crippen LogP contribution < -0.4 is 4.74 Å². The van der Waals surface area contributed by atoms with Crippen molar-refractivity contribution in [3.05, 3.63) is 89.4 Å². The van der Waals surface area contributed by atoms with Gasteiger partial charge in [-0.1, -0.05) is 24.3 Å². The summed E-state index contributed by atoms with van der Waals surface area (Å²) in [6, 6.07) is 16.5. The molecule has 202 valence electrons. The number of hydrogen-bond donors (Lipinski definition) is 3. The molecule has 2 aliphatic heterocycles. The van der Waals surface area contributed by atoms with Crippen molar-refractivity contribution in [1.29, 1.82) is 0 Å². The Kier molecular flexibility index (Phi) is 6.64. The highest BCUT2D eigenvalue weighted by Crippen LogP contribution is 2.45. The third kappa shape index (κ3) is 4.49. The number of hydrogen-bond acceptors (Lipinski definition) is 7. The van der Waals surface area contributed by atoms with Gasteiger partial charge in [-0.3, -0.25) is 0 Å². The van der Waals surface area contributed by atoms with E-state index >= 15 is 0 Å². The number of aromatic carboxylic acids is 1. The Morgan fingerprint density at radius 1 is 1.13 bits per heavy atom. The van der Waals surface area contributed by atoms with E-state index in [4.69, 9.17) is 18.6 Å². The molecule has 2 saturated heterocycles. The summed E-state index contributed by atoms with van der Waals surface area (Å²) >= 11 is 0. The van der Waals surface area contributed by atoms with Crippen LogP contribution in [0.4, 0.5) is 0 Å². The lowest BCUT2D eigenvalue weighted by atomic mass is 9.80. The number of fused-ring (bicyclic) bond motifs is 3. The van der Waals surface area contributed by atoms with Gasteiger partial charge < -0.3 is 33.9 Å². The molecular formula is C31H30O8. The SMILES string of the molecule is COC1C2CCC(CC1(O)c1cccc(COc3ccc4c(-c5ccoc5)c(CO)c(C(=O)O)cc4c3)c1)O2. The van der Waals surface area contributed by atoms with Gasteiger partial charge in [-0.25, -0.2) is 4.79 Å². The van der Waals surface area contributed by atoms with E-state index < -0.39 is 24.3 Å². The summed E-state index contributed by atoms with van der Waals surface area (Å²) in [6.07, 6.45) is 4.79. The summed E-state index contributed by atoms with van der Waals surface area (Å²) in [6.45, 7) is -0.165. The second-order valence-corrected chi connectivity index (χ2v) is 10.3. The van der Waals surface area contributed by atoms with Crippen LogP contribution in [0.25, 0.3) is 21.9 Å². The first-order chi connectivity index (χ1) is 18.9. The van der Waals surface area contributed by atoms with Gasteiger partial charge in [0.05, 0.1) is 36.9 Å². The average Bonchev–Trinajstić information content (AvgIpc) is 3.61. The van der Waals surface area contributed by atoms with Gasteiger partial charge in [0.2, 0.25) is 0 Å². The number of methoxy groups -OCH3 is 1. The molecule has 0 spiro atoms. The third-order valence-electron chi connectivity index (χ3n) is 7.99. The summed E-state index contributed by atoms with van der Waals surface area (Å²) in [5.41, 5.74) is 2.18. The minimum atomic E-state index is -1.14. The Balaban J connectivity index is 1.29. The fourth-order valence-electron chi connectivity index (χ4n) is 6.21. The lowest BCUT2D eigenvalue weighted by Crippen LogP contribution is -2.52. The average molecular weight is 531 g/mol. The first kappa shape index (κ1) is 25.6. The molecule has 6 rings (SSSR count). The molecule has 39 heavy (non-hydrogen) atoms. The second kappa shape index (κ2) is 10.1. The number of benzene rings is 3. The second-order valence-electron chi connectivity index (χ2n) is 10.3. The molecule has 0 aliphatic carbocycles. The van der Waals surface area contributed by atoms with Crippen molar-refractivity contribution in [2.75, 3.05) is 7.11 Å². The summed E-state index contributed by atoms with van der Waals surface area (Å²) < 4.78 is 23.1. The van der Waals surface area contributed by atoms with Crippen molar-refractivity contribution in [2.45, 2.75) is 56.4 Å². The van der Waals surface area contributed by atoms with Crippen LogP contribution in [0, 0.1) is 0 Å². The van der Waals surface area contributed by atoms with E-state index in [1.807, 2.05) is 36.4 Å². The van der Waals surface area contributed by atoms with Gasteiger partial charge in [-0.05, 0) is 70.6 Å². The number of carbonyl (C=O) groups is 1. The molecule has 0 amide bonds. The first-order valence-corrected chi connectivity index (χ1v) is 13.0. The van der Waals surface area contributed by atoms with Crippen LogP contribution in [0.15, 0.2) is 71.5 Å². The molecule has 3 heterocycles. The molecule has 2 bridgehead atoms. The Morgan fingerprint density at radius 2 is 2.00 bits per heavy atom. The van der Waals surface area contributed by atoms with Gasteiger partial charge in [0, 0.05) is 24.7 Å². The lowest BCUT2D eigenvalue weighted by Gasteiger charge is -2.43. The van der Waals surface area contributed by atoms with Crippen molar-refractivity contribution >= 4 is 16.7 Å². The van der Waals surface area contributed by atoms with Crippen molar-refractivity contribution in [2.24, 2.45) is 0 Å². The topological polar surface area (TPSA) is 119 Å². The molecule has 1 aromatic heterocycles. The van der Waals surface area contributed by atoms with Crippen molar-refractivity contribution in [3.8, 4) is 16.9 Å². The maximum absolute atomic E-state index is 12.0. The molecule has 0 radical (unpaired) electrons.